The van der Waals surface area contributed by atoms with Crippen molar-refractivity contribution in [2.24, 2.45) is 4.99 Å². The Hall–Kier alpha value is -1.49. The number of rotatable bonds is 5. The van der Waals surface area contributed by atoms with Gasteiger partial charge in [0.05, 0.1) is 6.61 Å². The van der Waals surface area contributed by atoms with E-state index in [0.29, 0.717) is 6.61 Å². The summed E-state index contributed by atoms with van der Waals surface area (Å²) >= 11 is 1.66. The van der Waals surface area contributed by atoms with Crippen LogP contribution in [0.3, 0.4) is 0 Å². The van der Waals surface area contributed by atoms with Gasteiger partial charge in [-0.3, -0.25) is 9.79 Å². The van der Waals surface area contributed by atoms with E-state index in [2.05, 4.69) is 10.3 Å². The Bertz CT molecular complexity index is 515. The lowest BCUT2D eigenvalue weighted by molar-refractivity contribution is 0.101. The normalized spacial score (nSPS) is 14.4. The van der Waals surface area contributed by atoms with Crippen molar-refractivity contribution in [3.63, 3.8) is 0 Å². The molecule has 0 atom stereocenters. The molecular formula is C15H20N2O2S. The lowest BCUT2D eigenvalue weighted by atomic mass is 10.1. The van der Waals surface area contributed by atoms with Crippen molar-refractivity contribution in [3.8, 4) is 5.75 Å². The SMILES string of the molecule is CCOc1ccc(C(C)=O)cc1CSC1=NCCCN1. The topological polar surface area (TPSA) is 50.7 Å². The van der Waals surface area contributed by atoms with Gasteiger partial charge in [0.15, 0.2) is 11.0 Å². The fourth-order valence-electron chi connectivity index (χ4n) is 1.96. The number of hydrogen-bond donors (Lipinski definition) is 1. The van der Waals surface area contributed by atoms with E-state index in [1.165, 1.54) is 0 Å². The fraction of sp³-hybridized carbons (Fsp3) is 0.467. The average Bonchev–Trinajstić information content (AvgIpc) is 2.47. The minimum Gasteiger partial charge on any atom is -0.494 e. The Morgan fingerprint density at radius 1 is 1.50 bits per heavy atom. The highest BCUT2D eigenvalue weighted by Gasteiger charge is 2.11. The van der Waals surface area contributed by atoms with E-state index >= 15 is 0 Å². The monoisotopic (exact) mass is 292 g/mol. The van der Waals surface area contributed by atoms with Crippen LogP contribution < -0.4 is 10.1 Å². The van der Waals surface area contributed by atoms with Gasteiger partial charge in [0.25, 0.3) is 0 Å². The van der Waals surface area contributed by atoms with Crippen LogP contribution in [0.15, 0.2) is 23.2 Å². The number of nitrogens with one attached hydrogen (secondary N) is 1. The fourth-order valence-corrected chi connectivity index (χ4v) is 2.87. The number of hydrogen-bond acceptors (Lipinski definition) is 5. The van der Waals surface area contributed by atoms with Crippen molar-refractivity contribution in [2.45, 2.75) is 26.0 Å². The van der Waals surface area contributed by atoms with Crippen molar-refractivity contribution >= 4 is 22.7 Å². The van der Waals surface area contributed by atoms with Gasteiger partial charge >= 0.3 is 0 Å². The molecule has 0 saturated carbocycles. The third kappa shape index (κ3) is 4.00. The maximum absolute atomic E-state index is 11.5. The van der Waals surface area contributed by atoms with Gasteiger partial charge in [-0.05, 0) is 38.5 Å². The molecule has 1 aromatic carbocycles. The quantitative estimate of drug-likeness (QED) is 0.848. The summed E-state index contributed by atoms with van der Waals surface area (Å²) in [7, 11) is 0. The molecule has 0 bridgehead atoms. The van der Waals surface area contributed by atoms with E-state index in [1.807, 2.05) is 25.1 Å². The van der Waals surface area contributed by atoms with Crippen LogP contribution in [-0.2, 0) is 5.75 Å². The number of aliphatic imine (C=N–C) groups is 1. The molecule has 0 aliphatic carbocycles. The first kappa shape index (κ1) is 14.9. The summed E-state index contributed by atoms with van der Waals surface area (Å²) in [6.45, 7) is 6.04. The molecule has 4 nitrogen and oxygen atoms in total. The number of Topliss-reactive ketones (excluding diaryl/α,β-unsaturated/α-hetero) is 1. The maximum Gasteiger partial charge on any atom is 0.159 e. The number of thioether (sulfide) groups is 1. The Labute approximate surface area is 124 Å². The first-order valence-corrected chi connectivity index (χ1v) is 7.87. The highest BCUT2D eigenvalue weighted by atomic mass is 32.2. The van der Waals surface area contributed by atoms with Crippen LogP contribution in [-0.4, -0.2) is 30.6 Å². The van der Waals surface area contributed by atoms with E-state index in [-0.39, 0.29) is 5.78 Å². The van der Waals surface area contributed by atoms with E-state index in [1.54, 1.807) is 18.7 Å². The van der Waals surface area contributed by atoms with Crippen LogP contribution in [0, 0.1) is 0 Å². The van der Waals surface area contributed by atoms with Crippen molar-refractivity contribution in [1.29, 1.82) is 0 Å². The number of amidine groups is 1. The molecule has 1 aliphatic rings. The van der Waals surface area contributed by atoms with Gasteiger partial charge < -0.3 is 10.1 Å². The predicted octanol–water partition coefficient (Wildman–Crippen LogP) is 2.87. The molecule has 0 amide bonds. The van der Waals surface area contributed by atoms with Gasteiger partial charge in [0, 0.05) is 30.0 Å². The van der Waals surface area contributed by atoms with Crippen LogP contribution in [0.1, 0.15) is 36.2 Å². The zero-order valence-corrected chi connectivity index (χ0v) is 12.8. The number of ether oxygens (including phenoxy) is 1. The summed E-state index contributed by atoms with van der Waals surface area (Å²) in [6, 6.07) is 5.62. The molecule has 1 N–H and O–H groups in total. The standard InChI is InChI=1S/C15H20N2O2S/c1-3-19-14-6-5-12(11(2)18)9-13(14)10-20-15-16-7-4-8-17-15/h5-6,9H,3-4,7-8,10H2,1-2H3,(H,16,17). The van der Waals surface area contributed by atoms with Crippen LogP contribution in [0.2, 0.25) is 0 Å². The van der Waals surface area contributed by atoms with Crippen molar-refractivity contribution < 1.29 is 9.53 Å². The van der Waals surface area contributed by atoms with Crippen LogP contribution in [0.25, 0.3) is 0 Å². The number of nitrogens with zero attached hydrogens (tertiary/aromatic N) is 1. The largest absolute Gasteiger partial charge is 0.494 e. The highest BCUT2D eigenvalue weighted by molar-refractivity contribution is 8.13. The lowest BCUT2D eigenvalue weighted by Crippen LogP contribution is -2.26. The van der Waals surface area contributed by atoms with E-state index in [0.717, 1.165) is 47.3 Å². The van der Waals surface area contributed by atoms with Gasteiger partial charge in [-0.15, -0.1) is 0 Å². The molecule has 0 saturated heterocycles. The van der Waals surface area contributed by atoms with Crippen LogP contribution in [0.5, 0.6) is 5.75 Å². The second-order valence-corrected chi connectivity index (χ2v) is 5.53. The van der Waals surface area contributed by atoms with E-state index in [4.69, 9.17) is 4.74 Å². The molecule has 0 fully saturated rings. The maximum atomic E-state index is 11.5. The Kier molecular flexibility index (Phi) is 5.47. The van der Waals surface area contributed by atoms with Crippen molar-refractivity contribution in [1.82, 2.24) is 5.32 Å². The molecule has 1 aliphatic heterocycles. The number of benzene rings is 1. The first-order chi connectivity index (χ1) is 9.70. The third-order valence-electron chi connectivity index (χ3n) is 3.00. The Morgan fingerprint density at radius 2 is 2.35 bits per heavy atom. The van der Waals surface area contributed by atoms with E-state index in [9.17, 15) is 4.79 Å². The van der Waals surface area contributed by atoms with Gasteiger partial charge in [-0.25, -0.2) is 0 Å². The molecule has 5 heteroatoms. The Balaban J connectivity index is 2.12. The average molecular weight is 292 g/mol. The summed E-state index contributed by atoms with van der Waals surface area (Å²) in [6.07, 6.45) is 1.09. The molecule has 0 aromatic heterocycles. The summed E-state index contributed by atoms with van der Waals surface area (Å²) in [5.74, 6) is 1.68. The minimum atomic E-state index is 0.0763. The summed E-state index contributed by atoms with van der Waals surface area (Å²) in [5, 5.41) is 4.26. The van der Waals surface area contributed by atoms with Gasteiger partial charge in [0.2, 0.25) is 0 Å². The van der Waals surface area contributed by atoms with Crippen LogP contribution >= 0.6 is 11.8 Å². The van der Waals surface area contributed by atoms with E-state index < -0.39 is 0 Å². The number of carbonyl (C=O) groups excluding carboxylic acids is 1. The van der Waals surface area contributed by atoms with Gasteiger partial charge in [-0.1, -0.05) is 11.8 Å². The first-order valence-electron chi connectivity index (χ1n) is 6.88. The molecule has 20 heavy (non-hydrogen) atoms. The molecule has 108 valence electrons. The predicted molar refractivity (Wildman–Crippen MR) is 83.8 cm³/mol. The molecule has 0 unspecified atom stereocenters. The lowest BCUT2D eigenvalue weighted by Gasteiger charge is -2.15. The van der Waals surface area contributed by atoms with Crippen molar-refractivity contribution in [2.75, 3.05) is 19.7 Å². The summed E-state index contributed by atoms with van der Waals surface area (Å²) in [4.78, 5) is 15.9. The second-order valence-electron chi connectivity index (χ2n) is 4.57. The second kappa shape index (κ2) is 7.33. The van der Waals surface area contributed by atoms with Gasteiger partial charge in [0.1, 0.15) is 5.75 Å². The number of carbonyl (C=O) groups is 1. The zero-order chi connectivity index (χ0) is 14.4. The molecule has 1 heterocycles. The summed E-state index contributed by atoms with van der Waals surface area (Å²) < 4.78 is 5.63. The molecule has 0 spiro atoms. The third-order valence-corrected chi connectivity index (χ3v) is 4.00. The number of ketones is 1. The molecule has 1 aromatic rings. The minimum absolute atomic E-state index is 0.0763. The highest BCUT2D eigenvalue weighted by Crippen LogP contribution is 2.26. The summed E-state index contributed by atoms with van der Waals surface area (Å²) in [5.41, 5.74) is 1.77. The smallest absolute Gasteiger partial charge is 0.159 e. The van der Waals surface area contributed by atoms with Crippen molar-refractivity contribution in [3.05, 3.63) is 29.3 Å². The molecule has 2 rings (SSSR count). The van der Waals surface area contributed by atoms with Crippen LogP contribution in [0.4, 0.5) is 0 Å². The molecular weight excluding hydrogens is 272 g/mol. The Morgan fingerprint density at radius 3 is 3.00 bits per heavy atom. The van der Waals surface area contributed by atoms with Gasteiger partial charge in [-0.2, -0.15) is 0 Å². The molecule has 0 radical (unpaired) electrons. The zero-order valence-electron chi connectivity index (χ0n) is 11.9.